The first-order valence-corrected chi connectivity index (χ1v) is 10.00. The van der Waals surface area contributed by atoms with Crippen molar-refractivity contribution < 1.29 is 28.6 Å². The lowest BCUT2D eigenvalue weighted by molar-refractivity contribution is -0.310. The molecule has 0 N–H and O–H groups in total. The van der Waals surface area contributed by atoms with Crippen molar-refractivity contribution in [2.45, 2.75) is 64.6 Å². The summed E-state index contributed by atoms with van der Waals surface area (Å²) in [6, 6.07) is 0. The molecular weight excluding hydrogens is 348 g/mol. The molecule has 2 saturated heterocycles. The molecule has 0 aromatic heterocycles. The maximum Gasteiger partial charge on any atom is 0.333 e. The van der Waals surface area contributed by atoms with Gasteiger partial charge in [-0.05, 0) is 44.9 Å². The molecule has 4 bridgehead atoms. The predicted molar refractivity (Wildman–Crippen MR) is 95.3 cm³/mol. The van der Waals surface area contributed by atoms with Gasteiger partial charge < -0.3 is 14.2 Å². The average molecular weight is 376 g/mol. The summed E-state index contributed by atoms with van der Waals surface area (Å²) in [6.07, 6.45) is 4.02. The van der Waals surface area contributed by atoms with Gasteiger partial charge in [0.1, 0.15) is 11.7 Å². The number of carbonyl (C=O) groups is 3. The largest absolute Gasteiger partial charge is 0.462 e. The minimum atomic E-state index is -1.20. The molecule has 2 aliphatic heterocycles. The normalized spacial score (nSPS) is 37.7. The number of carbonyl (C=O) groups excluding carboxylic acids is 3. The molecule has 5 aliphatic rings. The van der Waals surface area contributed by atoms with Crippen LogP contribution in [0.15, 0.2) is 12.2 Å². The third-order valence-electron chi connectivity index (χ3n) is 7.42. The molecule has 27 heavy (non-hydrogen) atoms. The Morgan fingerprint density at radius 1 is 1.30 bits per heavy atom. The Hall–Kier alpha value is -1.85. The van der Waals surface area contributed by atoms with Crippen molar-refractivity contribution in [3.05, 3.63) is 12.2 Å². The zero-order valence-electron chi connectivity index (χ0n) is 16.3. The first kappa shape index (κ1) is 18.5. The fourth-order valence-corrected chi connectivity index (χ4v) is 5.69. The van der Waals surface area contributed by atoms with Crippen LogP contribution < -0.4 is 0 Å². The van der Waals surface area contributed by atoms with Crippen LogP contribution in [0.3, 0.4) is 0 Å². The lowest BCUT2D eigenvalue weighted by atomic mass is 9.37. The van der Waals surface area contributed by atoms with Gasteiger partial charge in [-0.15, -0.1) is 0 Å². The van der Waals surface area contributed by atoms with Gasteiger partial charge in [-0.25, -0.2) is 4.79 Å². The van der Waals surface area contributed by atoms with Gasteiger partial charge in [0.15, 0.2) is 5.41 Å². The number of esters is 3. The molecule has 5 atom stereocenters. The molecule has 3 saturated carbocycles. The Labute approximate surface area is 159 Å². The summed E-state index contributed by atoms with van der Waals surface area (Å²) >= 11 is 0. The van der Waals surface area contributed by atoms with Crippen molar-refractivity contribution in [2.75, 3.05) is 6.61 Å². The van der Waals surface area contributed by atoms with Crippen LogP contribution in [0.4, 0.5) is 0 Å². The molecular formula is C21H28O6. The standard InChI is InChI=1S/C21H28O6/c1-11(2)17(22)25-10-14-15-13-9-21(15,18(23)26-16(13)14)19(24)27-20(12(3)4)7-5-6-8-20/h12-16H,1,5-10H2,2-4H3. The molecule has 0 spiro atoms. The number of fused-ring (bicyclic) bond motifs is 1. The van der Waals surface area contributed by atoms with E-state index in [0.29, 0.717) is 12.0 Å². The van der Waals surface area contributed by atoms with Gasteiger partial charge >= 0.3 is 17.9 Å². The molecule has 3 aliphatic carbocycles. The van der Waals surface area contributed by atoms with Crippen LogP contribution >= 0.6 is 0 Å². The van der Waals surface area contributed by atoms with Crippen molar-refractivity contribution in [2.24, 2.45) is 29.1 Å². The van der Waals surface area contributed by atoms with Gasteiger partial charge in [-0.2, -0.15) is 0 Å². The minimum Gasteiger partial charge on any atom is -0.462 e. The van der Waals surface area contributed by atoms with Crippen LogP contribution in [0.5, 0.6) is 0 Å². The first-order valence-electron chi connectivity index (χ1n) is 10.00. The highest BCUT2D eigenvalue weighted by atomic mass is 16.6. The average Bonchev–Trinajstić information content (AvgIpc) is 3.06. The number of rotatable bonds is 6. The summed E-state index contributed by atoms with van der Waals surface area (Å²) in [6.45, 7) is 9.45. The number of ether oxygens (including phenoxy) is 3. The van der Waals surface area contributed by atoms with E-state index in [9.17, 15) is 14.4 Å². The quantitative estimate of drug-likeness (QED) is 0.307. The molecule has 6 heteroatoms. The summed E-state index contributed by atoms with van der Waals surface area (Å²) in [5.41, 5.74) is -1.35. The highest BCUT2D eigenvalue weighted by Crippen LogP contribution is 2.70. The summed E-state index contributed by atoms with van der Waals surface area (Å²) in [5.74, 6) is -1.22. The highest BCUT2D eigenvalue weighted by molar-refractivity contribution is 6.04. The van der Waals surface area contributed by atoms with Gasteiger partial charge in [-0.3, -0.25) is 9.59 Å². The maximum atomic E-state index is 13.2. The Morgan fingerprint density at radius 3 is 2.52 bits per heavy atom. The van der Waals surface area contributed by atoms with Crippen molar-refractivity contribution in [3.8, 4) is 0 Å². The molecule has 0 amide bonds. The topological polar surface area (TPSA) is 78.9 Å². The molecule has 0 aromatic rings. The van der Waals surface area contributed by atoms with Gasteiger partial charge in [0.2, 0.25) is 0 Å². The zero-order valence-corrected chi connectivity index (χ0v) is 16.3. The summed E-state index contributed by atoms with van der Waals surface area (Å²) in [5, 5.41) is 0. The van der Waals surface area contributed by atoms with Crippen LogP contribution in [0, 0.1) is 29.1 Å². The van der Waals surface area contributed by atoms with Crippen molar-refractivity contribution in [1.82, 2.24) is 0 Å². The lowest BCUT2D eigenvalue weighted by Crippen LogP contribution is -2.79. The predicted octanol–water partition coefficient (Wildman–Crippen LogP) is 2.80. The zero-order chi connectivity index (χ0) is 19.6. The fourth-order valence-electron chi connectivity index (χ4n) is 5.69. The van der Waals surface area contributed by atoms with Crippen molar-refractivity contribution >= 4 is 17.9 Å². The number of hydrogen-bond acceptors (Lipinski definition) is 6. The van der Waals surface area contributed by atoms with E-state index in [1.165, 1.54) is 0 Å². The Balaban J connectivity index is 1.50. The second-order valence-electron chi connectivity index (χ2n) is 9.09. The maximum absolute atomic E-state index is 13.2. The van der Waals surface area contributed by atoms with E-state index >= 15 is 0 Å². The summed E-state index contributed by atoms with van der Waals surface area (Å²) < 4.78 is 16.9. The monoisotopic (exact) mass is 376 g/mol. The molecule has 5 fully saturated rings. The summed E-state index contributed by atoms with van der Waals surface area (Å²) in [7, 11) is 0. The molecule has 5 unspecified atom stereocenters. The molecule has 148 valence electrons. The van der Waals surface area contributed by atoms with Crippen molar-refractivity contribution in [1.29, 1.82) is 0 Å². The highest BCUT2D eigenvalue weighted by Gasteiger charge is 2.81. The van der Waals surface area contributed by atoms with E-state index in [0.717, 1.165) is 25.7 Å². The van der Waals surface area contributed by atoms with E-state index < -0.39 is 28.9 Å². The molecule has 5 rings (SSSR count). The number of hydrogen-bond donors (Lipinski definition) is 0. The second-order valence-corrected chi connectivity index (χ2v) is 9.09. The molecule has 0 aromatic carbocycles. The Bertz CT molecular complexity index is 703. The minimum absolute atomic E-state index is 0.129. The lowest BCUT2D eigenvalue weighted by Gasteiger charge is -2.69. The smallest absolute Gasteiger partial charge is 0.333 e. The third kappa shape index (κ3) is 2.41. The van der Waals surface area contributed by atoms with Gasteiger partial charge in [-0.1, -0.05) is 20.4 Å². The first-order chi connectivity index (χ1) is 12.7. The van der Waals surface area contributed by atoms with Gasteiger partial charge in [0.05, 0.1) is 6.61 Å². The van der Waals surface area contributed by atoms with E-state index in [1.54, 1.807) is 6.92 Å². The Kier molecular flexibility index (Phi) is 4.17. The van der Waals surface area contributed by atoms with Crippen LogP contribution in [-0.4, -0.2) is 36.2 Å². The second kappa shape index (κ2) is 6.08. The van der Waals surface area contributed by atoms with E-state index in [1.807, 2.05) is 0 Å². The molecule has 6 nitrogen and oxygen atoms in total. The SMILES string of the molecule is C=C(C)C(=O)OCC1C2OC(=O)C3(C(=O)OC4(C(C)C)CCCC4)CC2C13. The molecule has 2 heterocycles. The van der Waals surface area contributed by atoms with Crippen molar-refractivity contribution in [3.63, 3.8) is 0 Å². The van der Waals surface area contributed by atoms with Crippen LogP contribution in [0.1, 0.15) is 52.9 Å². The van der Waals surface area contributed by atoms with Gasteiger partial charge in [0.25, 0.3) is 0 Å². The Morgan fingerprint density at radius 2 is 1.96 bits per heavy atom. The van der Waals surface area contributed by atoms with E-state index in [2.05, 4.69) is 20.4 Å². The van der Waals surface area contributed by atoms with Gasteiger partial charge in [0, 0.05) is 23.3 Å². The van der Waals surface area contributed by atoms with Crippen LogP contribution in [0.25, 0.3) is 0 Å². The van der Waals surface area contributed by atoms with E-state index in [4.69, 9.17) is 14.2 Å². The molecule has 0 radical (unpaired) electrons. The van der Waals surface area contributed by atoms with Crippen LogP contribution in [-0.2, 0) is 28.6 Å². The summed E-state index contributed by atoms with van der Waals surface area (Å²) in [4.78, 5) is 37.6. The third-order valence-corrected chi connectivity index (χ3v) is 7.42. The van der Waals surface area contributed by atoms with Crippen LogP contribution in [0.2, 0.25) is 0 Å². The fraction of sp³-hybridized carbons (Fsp3) is 0.762. The van der Waals surface area contributed by atoms with E-state index in [-0.39, 0.29) is 36.4 Å².